The second-order valence-electron chi connectivity index (χ2n) is 9.20. The number of allylic oxidation sites excluding steroid dienone is 1. The molecule has 0 bridgehead atoms. The average Bonchev–Trinajstić information content (AvgIpc) is 3.51. The van der Waals surface area contributed by atoms with Crippen LogP contribution < -0.4 is 15.4 Å². The summed E-state index contributed by atoms with van der Waals surface area (Å²) in [4.78, 5) is 32.1. The van der Waals surface area contributed by atoms with Crippen molar-refractivity contribution in [3.63, 3.8) is 0 Å². The number of amides is 2. The monoisotopic (exact) mass is 541 g/mol. The summed E-state index contributed by atoms with van der Waals surface area (Å²) in [7, 11) is 1.61. The van der Waals surface area contributed by atoms with Crippen LogP contribution in [0.25, 0.3) is 4.96 Å². The van der Waals surface area contributed by atoms with E-state index in [1.165, 1.54) is 11.3 Å². The van der Waals surface area contributed by atoms with E-state index in [-0.39, 0.29) is 0 Å². The zero-order valence-electron chi connectivity index (χ0n) is 21.7. The van der Waals surface area contributed by atoms with Gasteiger partial charge in [0.25, 0.3) is 0 Å². The number of carbonyl (C=O) groups is 2. The predicted molar refractivity (Wildman–Crippen MR) is 146 cm³/mol. The minimum absolute atomic E-state index is 0.317. The van der Waals surface area contributed by atoms with Gasteiger partial charge in [-0.2, -0.15) is 5.26 Å². The lowest BCUT2D eigenvalue weighted by atomic mass is 9.95. The van der Waals surface area contributed by atoms with Crippen LogP contribution in [0.1, 0.15) is 53.6 Å². The van der Waals surface area contributed by atoms with E-state index in [1.807, 2.05) is 53.2 Å². The van der Waals surface area contributed by atoms with Gasteiger partial charge in [-0.3, -0.25) is 4.40 Å². The standard InChI is InChI=1S/C29H27N5O4S/c1-17-26(34-12-13-39-29(34)31-17)25-24(27(35)38-18(2)21-8-4-7-20(14-21)16-30)23(32-28(36)33-25)11-10-19-6-5-9-22(15-19)37-3/h4-9,12-15,18,25H,10-11H2,1-3H3,(H2,32,33,36). The van der Waals surface area contributed by atoms with Crippen LogP contribution in [0.4, 0.5) is 4.79 Å². The molecule has 1 aliphatic heterocycles. The van der Waals surface area contributed by atoms with E-state index in [2.05, 4.69) is 21.7 Å². The van der Waals surface area contributed by atoms with Crippen LogP contribution in [0.15, 0.2) is 71.4 Å². The number of ether oxygens (including phenoxy) is 2. The molecule has 5 rings (SSSR count). The molecule has 3 heterocycles. The zero-order chi connectivity index (χ0) is 27.5. The van der Waals surface area contributed by atoms with Crippen molar-refractivity contribution in [3.05, 3.63) is 99.5 Å². The molecule has 2 amide bonds. The fraction of sp³-hybridized carbons (Fsp3) is 0.241. The first-order valence-electron chi connectivity index (χ1n) is 12.4. The molecule has 2 unspecified atom stereocenters. The van der Waals surface area contributed by atoms with Gasteiger partial charge >= 0.3 is 12.0 Å². The number of nitriles is 1. The third-order valence-electron chi connectivity index (χ3n) is 6.70. The normalized spacial score (nSPS) is 15.8. The van der Waals surface area contributed by atoms with Crippen molar-refractivity contribution >= 4 is 28.3 Å². The highest BCUT2D eigenvalue weighted by atomic mass is 32.1. The van der Waals surface area contributed by atoms with Crippen molar-refractivity contribution < 1.29 is 19.1 Å². The van der Waals surface area contributed by atoms with Gasteiger partial charge in [-0.15, -0.1) is 11.3 Å². The molecule has 0 saturated carbocycles. The minimum atomic E-state index is -0.770. The maximum Gasteiger partial charge on any atom is 0.338 e. The first-order valence-corrected chi connectivity index (χ1v) is 13.3. The maximum atomic E-state index is 13.9. The molecule has 2 aromatic carbocycles. The lowest BCUT2D eigenvalue weighted by Crippen LogP contribution is -2.46. The van der Waals surface area contributed by atoms with Gasteiger partial charge in [0.15, 0.2) is 4.96 Å². The molecule has 2 N–H and O–H groups in total. The second kappa shape index (κ2) is 11.0. The minimum Gasteiger partial charge on any atom is -0.497 e. The Hall–Kier alpha value is -4.62. The van der Waals surface area contributed by atoms with Crippen molar-refractivity contribution in [1.82, 2.24) is 20.0 Å². The van der Waals surface area contributed by atoms with Crippen LogP contribution in [-0.2, 0) is 16.0 Å². The number of hydrogen-bond acceptors (Lipinski definition) is 7. The summed E-state index contributed by atoms with van der Waals surface area (Å²) in [5.41, 5.74) is 4.39. The number of fused-ring (bicyclic) bond motifs is 1. The summed E-state index contributed by atoms with van der Waals surface area (Å²) in [5, 5.41) is 17.0. The third-order valence-corrected chi connectivity index (χ3v) is 7.45. The Kier molecular flexibility index (Phi) is 7.34. The molecule has 4 aromatic rings. The Morgan fingerprint density at radius 2 is 2.05 bits per heavy atom. The van der Waals surface area contributed by atoms with Crippen molar-refractivity contribution in [2.75, 3.05) is 7.11 Å². The maximum absolute atomic E-state index is 13.9. The Bertz CT molecular complexity index is 1630. The molecule has 9 nitrogen and oxygen atoms in total. The number of benzene rings is 2. The Morgan fingerprint density at radius 3 is 2.85 bits per heavy atom. The molecule has 0 radical (unpaired) electrons. The molecule has 39 heavy (non-hydrogen) atoms. The van der Waals surface area contributed by atoms with Gasteiger partial charge in [0.2, 0.25) is 0 Å². The zero-order valence-corrected chi connectivity index (χ0v) is 22.5. The molecular formula is C29H27N5O4S. The average molecular weight is 542 g/mol. The lowest BCUT2D eigenvalue weighted by Gasteiger charge is -2.30. The van der Waals surface area contributed by atoms with Crippen LogP contribution in [0.2, 0.25) is 0 Å². The Morgan fingerprint density at radius 1 is 1.23 bits per heavy atom. The number of aryl methyl sites for hydroxylation is 2. The number of urea groups is 1. The fourth-order valence-electron chi connectivity index (χ4n) is 4.77. The van der Waals surface area contributed by atoms with E-state index in [4.69, 9.17) is 9.47 Å². The fourth-order valence-corrected chi connectivity index (χ4v) is 5.54. The van der Waals surface area contributed by atoms with E-state index in [0.29, 0.717) is 46.6 Å². The van der Waals surface area contributed by atoms with Crippen LogP contribution in [0.3, 0.4) is 0 Å². The van der Waals surface area contributed by atoms with E-state index >= 15 is 0 Å². The van der Waals surface area contributed by atoms with Gasteiger partial charge in [-0.1, -0.05) is 24.3 Å². The number of rotatable bonds is 8. The number of methoxy groups -OCH3 is 1. The molecule has 1 aliphatic rings. The predicted octanol–water partition coefficient (Wildman–Crippen LogP) is 5.13. The third kappa shape index (κ3) is 5.35. The summed E-state index contributed by atoms with van der Waals surface area (Å²) in [6.45, 7) is 3.62. The number of esters is 1. The summed E-state index contributed by atoms with van der Waals surface area (Å²) in [6, 6.07) is 15.6. The summed E-state index contributed by atoms with van der Waals surface area (Å²) in [6.07, 6.45) is 2.21. The first kappa shape index (κ1) is 26.0. The second-order valence-corrected chi connectivity index (χ2v) is 10.1. The summed E-state index contributed by atoms with van der Waals surface area (Å²) >= 11 is 1.47. The van der Waals surface area contributed by atoms with Gasteiger partial charge in [-0.25, -0.2) is 14.6 Å². The van der Waals surface area contributed by atoms with Crippen LogP contribution >= 0.6 is 11.3 Å². The molecule has 0 saturated heterocycles. The number of hydrogen-bond donors (Lipinski definition) is 2. The van der Waals surface area contributed by atoms with E-state index in [9.17, 15) is 14.9 Å². The van der Waals surface area contributed by atoms with Gasteiger partial charge in [0, 0.05) is 17.3 Å². The molecule has 0 spiro atoms. The number of aromatic nitrogens is 2. The smallest absolute Gasteiger partial charge is 0.338 e. The van der Waals surface area contributed by atoms with Crippen molar-refractivity contribution in [2.45, 2.75) is 38.8 Å². The molecule has 10 heteroatoms. The van der Waals surface area contributed by atoms with E-state index in [1.54, 1.807) is 32.2 Å². The molecule has 2 atom stereocenters. The van der Waals surface area contributed by atoms with Crippen LogP contribution in [0.5, 0.6) is 5.75 Å². The number of thiazole rings is 1. The Labute approximate surface area is 229 Å². The van der Waals surface area contributed by atoms with Gasteiger partial charge in [0.05, 0.1) is 35.7 Å². The SMILES string of the molecule is COc1cccc(CCC2=C(C(=O)OC(C)c3cccc(C#N)c3)C(c3c(C)nc4sccn34)NC(=O)N2)c1. The lowest BCUT2D eigenvalue weighted by molar-refractivity contribution is -0.144. The van der Waals surface area contributed by atoms with Crippen LogP contribution in [0, 0.1) is 18.3 Å². The van der Waals surface area contributed by atoms with Crippen molar-refractivity contribution in [2.24, 2.45) is 0 Å². The number of nitrogens with one attached hydrogen (secondary N) is 2. The van der Waals surface area contributed by atoms with Crippen molar-refractivity contribution in [1.29, 1.82) is 5.26 Å². The molecule has 0 aliphatic carbocycles. The molecule has 0 fully saturated rings. The topological polar surface area (TPSA) is 118 Å². The molecule has 198 valence electrons. The summed E-state index contributed by atoms with van der Waals surface area (Å²) < 4.78 is 13.2. The largest absolute Gasteiger partial charge is 0.497 e. The number of nitrogens with zero attached hydrogens (tertiary/aromatic N) is 3. The van der Waals surface area contributed by atoms with Gasteiger partial charge in [-0.05, 0) is 62.1 Å². The number of imidazole rings is 1. The first-order chi connectivity index (χ1) is 18.9. The molecule has 2 aromatic heterocycles. The Balaban J connectivity index is 1.54. The van der Waals surface area contributed by atoms with Gasteiger partial charge < -0.3 is 20.1 Å². The van der Waals surface area contributed by atoms with Crippen molar-refractivity contribution in [3.8, 4) is 11.8 Å². The highest BCUT2D eigenvalue weighted by Gasteiger charge is 2.37. The highest BCUT2D eigenvalue weighted by Crippen LogP contribution is 2.34. The van der Waals surface area contributed by atoms with E-state index < -0.39 is 24.1 Å². The van der Waals surface area contributed by atoms with Crippen LogP contribution in [-0.4, -0.2) is 28.5 Å². The quantitative estimate of drug-likeness (QED) is 0.299. The summed E-state index contributed by atoms with van der Waals surface area (Å²) in [5.74, 6) is 0.170. The van der Waals surface area contributed by atoms with Gasteiger partial charge in [0.1, 0.15) is 17.9 Å². The number of carbonyl (C=O) groups excluding carboxylic acids is 2. The van der Waals surface area contributed by atoms with E-state index in [0.717, 1.165) is 16.3 Å². The molecular weight excluding hydrogens is 514 g/mol. The highest BCUT2D eigenvalue weighted by molar-refractivity contribution is 7.15.